The lowest BCUT2D eigenvalue weighted by Crippen LogP contribution is -2.57. The Bertz CT molecular complexity index is 339. The maximum absolute atomic E-state index is 14.8. The molecule has 0 spiro atoms. The van der Waals surface area contributed by atoms with Gasteiger partial charge in [-0.25, -0.2) is 9.18 Å². The summed E-state index contributed by atoms with van der Waals surface area (Å²) in [4.78, 5) is 12.2. The minimum atomic E-state index is -1.44. The molecule has 4 atom stereocenters. The summed E-state index contributed by atoms with van der Waals surface area (Å²) in [5.41, 5.74) is 0. The predicted molar refractivity (Wildman–Crippen MR) is 89.8 cm³/mol. The smallest absolute Gasteiger partial charge is 0.338 e. The summed E-state index contributed by atoms with van der Waals surface area (Å²) in [6, 6.07) is 0. The van der Waals surface area contributed by atoms with E-state index in [1.807, 2.05) is 13.8 Å². The van der Waals surface area contributed by atoms with Crippen molar-refractivity contribution < 1.29 is 28.1 Å². The molecule has 1 saturated heterocycles. The molecule has 6 heteroatoms. The number of ether oxygens (including phenoxy) is 4. The Morgan fingerprint density at radius 1 is 0.958 bits per heavy atom. The molecule has 5 nitrogen and oxygen atoms in total. The van der Waals surface area contributed by atoms with E-state index in [1.54, 1.807) is 0 Å². The van der Waals surface area contributed by atoms with Crippen molar-refractivity contribution in [2.45, 2.75) is 83.8 Å². The molecule has 1 aliphatic rings. The highest BCUT2D eigenvalue weighted by atomic mass is 19.1. The highest BCUT2D eigenvalue weighted by Crippen LogP contribution is 2.25. The first-order chi connectivity index (χ1) is 11.7. The third kappa shape index (κ3) is 7.03. The monoisotopic (exact) mass is 348 g/mol. The molecule has 4 unspecified atom stereocenters. The van der Waals surface area contributed by atoms with Crippen molar-refractivity contribution >= 4 is 5.97 Å². The highest BCUT2D eigenvalue weighted by Gasteiger charge is 2.48. The van der Waals surface area contributed by atoms with Crippen molar-refractivity contribution in [1.82, 2.24) is 0 Å². The summed E-state index contributed by atoms with van der Waals surface area (Å²) in [5, 5.41) is 0. The van der Waals surface area contributed by atoms with Crippen LogP contribution in [-0.2, 0) is 23.7 Å². The van der Waals surface area contributed by atoms with Crippen LogP contribution in [0.1, 0.15) is 59.3 Å². The van der Waals surface area contributed by atoms with Crippen molar-refractivity contribution in [2.24, 2.45) is 0 Å². The van der Waals surface area contributed by atoms with E-state index in [4.69, 9.17) is 18.9 Å². The van der Waals surface area contributed by atoms with Crippen LogP contribution in [-0.4, -0.2) is 56.9 Å². The van der Waals surface area contributed by atoms with Crippen LogP contribution < -0.4 is 0 Å². The van der Waals surface area contributed by atoms with Crippen LogP contribution in [0, 0.1) is 0 Å². The summed E-state index contributed by atoms with van der Waals surface area (Å²) in [5.74, 6) is -0.550. The Morgan fingerprint density at radius 3 is 2.17 bits per heavy atom. The zero-order valence-electron chi connectivity index (χ0n) is 15.3. The van der Waals surface area contributed by atoms with E-state index in [2.05, 4.69) is 6.92 Å². The molecule has 0 N–H and O–H groups in total. The molecule has 24 heavy (non-hydrogen) atoms. The number of carbonyl (C=O) groups excluding carboxylic acids is 1. The van der Waals surface area contributed by atoms with Crippen molar-refractivity contribution in [3.63, 3.8) is 0 Å². The molecule has 1 fully saturated rings. The first-order valence-corrected chi connectivity index (χ1v) is 9.31. The summed E-state index contributed by atoms with van der Waals surface area (Å²) in [7, 11) is 0. The normalized spacial score (nSPS) is 27.2. The Morgan fingerprint density at radius 2 is 1.54 bits per heavy atom. The lowest BCUT2D eigenvalue weighted by Gasteiger charge is -2.37. The Labute approximate surface area is 145 Å². The minimum absolute atomic E-state index is 0.0578. The number of hydrogen-bond donors (Lipinski definition) is 0. The molecule has 1 aliphatic heterocycles. The lowest BCUT2D eigenvalue weighted by atomic mass is 10.0. The molecule has 0 aromatic carbocycles. The largest absolute Gasteiger partial charge is 0.455 e. The summed E-state index contributed by atoms with van der Waals surface area (Å²) in [6.07, 6.45) is 1.14. The molecule has 0 aliphatic carbocycles. The maximum Gasteiger partial charge on any atom is 0.338 e. The van der Waals surface area contributed by atoms with Crippen molar-refractivity contribution in [1.29, 1.82) is 0 Å². The van der Waals surface area contributed by atoms with Gasteiger partial charge < -0.3 is 18.9 Å². The number of rotatable bonds is 13. The third-order valence-corrected chi connectivity index (χ3v) is 4.00. The lowest BCUT2D eigenvalue weighted by molar-refractivity contribution is -0.213. The number of alkyl halides is 1. The standard InChI is InChI=1S/C18H33FO5/c1-4-7-10-21-13-14-15(19)16(22-11-8-5-2)17(18(20)24-14)23-12-9-6-3/h14-17H,4-13H2,1-3H3. The van der Waals surface area contributed by atoms with Crippen LogP contribution >= 0.6 is 0 Å². The third-order valence-electron chi connectivity index (χ3n) is 4.00. The molecule has 0 aromatic heterocycles. The van der Waals surface area contributed by atoms with Gasteiger partial charge in [-0.3, -0.25) is 0 Å². The second-order valence-electron chi connectivity index (χ2n) is 6.18. The van der Waals surface area contributed by atoms with Gasteiger partial charge in [0.05, 0.1) is 6.61 Å². The molecule has 0 amide bonds. The number of halogens is 1. The van der Waals surface area contributed by atoms with Gasteiger partial charge in [-0.2, -0.15) is 0 Å². The van der Waals surface area contributed by atoms with Crippen LogP contribution in [0.2, 0.25) is 0 Å². The molecule has 142 valence electrons. The van der Waals surface area contributed by atoms with E-state index in [1.165, 1.54) is 0 Å². The number of carbonyl (C=O) groups is 1. The molecular formula is C18H33FO5. The van der Waals surface area contributed by atoms with Crippen LogP contribution in [0.3, 0.4) is 0 Å². The molecule has 0 saturated carbocycles. The summed E-state index contributed by atoms with van der Waals surface area (Å²) >= 11 is 0. The minimum Gasteiger partial charge on any atom is -0.455 e. The predicted octanol–water partition coefficient (Wildman–Crippen LogP) is 3.44. The van der Waals surface area contributed by atoms with Crippen molar-refractivity contribution in [3.05, 3.63) is 0 Å². The zero-order valence-corrected chi connectivity index (χ0v) is 15.3. The van der Waals surface area contributed by atoms with E-state index in [9.17, 15) is 9.18 Å². The number of hydrogen-bond acceptors (Lipinski definition) is 5. The van der Waals surface area contributed by atoms with Gasteiger partial charge in [0, 0.05) is 19.8 Å². The molecule has 0 radical (unpaired) electrons. The van der Waals surface area contributed by atoms with E-state index < -0.39 is 30.5 Å². The quantitative estimate of drug-likeness (QED) is 0.377. The van der Waals surface area contributed by atoms with Crippen LogP contribution in [0.15, 0.2) is 0 Å². The Hall–Kier alpha value is -0.720. The average molecular weight is 348 g/mol. The molecule has 1 rings (SSSR count). The number of esters is 1. The second-order valence-corrected chi connectivity index (χ2v) is 6.18. The van der Waals surface area contributed by atoms with Gasteiger partial charge in [-0.15, -0.1) is 0 Å². The number of unbranched alkanes of at least 4 members (excludes halogenated alkanes) is 3. The van der Waals surface area contributed by atoms with Crippen LogP contribution in [0.4, 0.5) is 4.39 Å². The van der Waals surface area contributed by atoms with Crippen molar-refractivity contribution in [2.75, 3.05) is 26.4 Å². The van der Waals surface area contributed by atoms with E-state index in [0.717, 1.165) is 38.5 Å². The Kier molecular flexibility index (Phi) is 11.2. The molecule has 0 aromatic rings. The van der Waals surface area contributed by atoms with Crippen molar-refractivity contribution in [3.8, 4) is 0 Å². The fourth-order valence-electron chi connectivity index (χ4n) is 2.43. The van der Waals surface area contributed by atoms with Gasteiger partial charge in [0.25, 0.3) is 0 Å². The van der Waals surface area contributed by atoms with Gasteiger partial charge in [0.2, 0.25) is 0 Å². The summed E-state index contributed by atoms with van der Waals surface area (Å²) in [6.45, 7) is 7.51. The average Bonchev–Trinajstić information content (AvgIpc) is 2.57. The van der Waals surface area contributed by atoms with Gasteiger partial charge in [-0.05, 0) is 19.3 Å². The SMILES string of the molecule is CCCCOCC1OC(=O)C(OCCCC)C(OCCCC)C1F. The van der Waals surface area contributed by atoms with E-state index in [0.29, 0.717) is 19.8 Å². The fourth-order valence-corrected chi connectivity index (χ4v) is 2.43. The van der Waals surface area contributed by atoms with E-state index >= 15 is 0 Å². The van der Waals surface area contributed by atoms with Gasteiger partial charge in [-0.1, -0.05) is 40.0 Å². The van der Waals surface area contributed by atoms with Gasteiger partial charge in [0.15, 0.2) is 18.4 Å². The zero-order chi connectivity index (χ0) is 17.8. The molecule has 0 bridgehead atoms. The van der Waals surface area contributed by atoms with Crippen LogP contribution in [0.25, 0.3) is 0 Å². The second kappa shape index (κ2) is 12.6. The topological polar surface area (TPSA) is 54.0 Å². The maximum atomic E-state index is 14.8. The summed E-state index contributed by atoms with van der Waals surface area (Å²) < 4.78 is 36.7. The van der Waals surface area contributed by atoms with Gasteiger partial charge >= 0.3 is 5.97 Å². The number of cyclic esters (lactones) is 1. The molecule has 1 heterocycles. The first-order valence-electron chi connectivity index (χ1n) is 9.31. The first kappa shape index (κ1) is 21.3. The Balaban J connectivity index is 2.63. The fraction of sp³-hybridized carbons (Fsp3) is 0.944. The van der Waals surface area contributed by atoms with E-state index in [-0.39, 0.29) is 6.61 Å². The van der Waals surface area contributed by atoms with Gasteiger partial charge in [0.1, 0.15) is 6.10 Å². The van der Waals surface area contributed by atoms with Crippen LogP contribution in [0.5, 0.6) is 0 Å². The molecular weight excluding hydrogens is 315 g/mol. The highest BCUT2D eigenvalue weighted by molar-refractivity contribution is 5.77.